The van der Waals surface area contributed by atoms with Crippen LogP contribution in [0.3, 0.4) is 0 Å². The minimum Gasteiger partial charge on any atom is -0.217 e. The first-order valence-corrected chi connectivity index (χ1v) is 24.7. The van der Waals surface area contributed by atoms with Crippen molar-refractivity contribution in [2.75, 3.05) is 0 Å². The van der Waals surface area contributed by atoms with Crippen molar-refractivity contribution in [3.8, 4) is 68.3 Å². The molecule has 66 heavy (non-hydrogen) atoms. The van der Waals surface area contributed by atoms with Crippen LogP contribution in [0.5, 0.6) is 0 Å². The summed E-state index contributed by atoms with van der Waals surface area (Å²) in [6.07, 6.45) is 15.9. The molecule has 0 aliphatic heterocycles. The molecule has 8 bridgehead atoms. The van der Waals surface area contributed by atoms with Crippen molar-refractivity contribution in [1.29, 1.82) is 0 Å². The van der Waals surface area contributed by atoms with Gasteiger partial charge in [-0.25, -0.2) is 44.9 Å². The Balaban J connectivity index is 0.877. The van der Waals surface area contributed by atoms with Gasteiger partial charge in [-0.2, -0.15) is 0 Å². The van der Waals surface area contributed by atoms with Gasteiger partial charge in [0.2, 0.25) is 0 Å². The predicted molar refractivity (Wildman–Crippen MR) is 258 cm³/mol. The molecule has 330 valence electrons. The van der Waals surface area contributed by atoms with Crippen LogP contribution in [0.1, 0.15) is 115 Å². The van der Waals surface area contributed by atoms with Crippen molar-refractivity contribution in [3.63, 3.8) is 0 Å². The highest BCUT2D eigenvalue weighted by Gasteiger charge is 2.56. The number of nitrogens with zero attached hydrogens (tertiary/aromatic N) is 9. The van der Waals surface area contributed by atoms with E-state index in [0.29, 0.717) is 29.1 Å². The van der Waals surface area contributed by atoms with E-state index in [0.717, 1.165) is 92.2 Å². The van der Waals surface area contributed by atoms with E-state index in [1.807, 2.05) is 60.7 Å². The van der Waals surface area contributed by atoms with Crippen molar-refractivity contribution in [2.24, 2.45) is 35.5 Å². The first-order chi connectivity index (χ1) is 32.1. The molecule has 15 rings (SSSR count). The molecular weight excluding hydrogens is 811 g/mol. The molecule has 9 heteroatoms. The van der Waals surface area contributed by atoms with Crippen molar-refractivity contribution >= 4 is 0 Å². The summed E-state index contributed by atoms with van der Waals surface area (Å²) in [5.41, 5.74) is 5.44. The minimum absolute atomic E-state index is 0.0826. The second-order valence-corrected chi connectivity index (χ2v) is 22.5. The summed E-state index contributed by atoms with van der Waals surface area (Å²) in [5, 5.41) is 0. The first-order valence-electron chi connectivity index (χ1n) is 24.7. The van der Waals surface area contributed by atoms with Gasteiger partial charge in [-0.15, -0.1) is 0 Å². The SMILES string of the molecule is CC(C)(C)c1nc(-c2ccc(-c3nc(-c4ccccc4)nc(-c4ccccc4)n3)cc2)nc(-c2cccc(-c3nc(C45CC6CC(CC(C6)C4)C5)nc(C45CC6CC(CC(C6)C4)C5)n3)c2)n1. The molecule has 0 N–H and O–H groups in total. The van der Waals surface area contributed by atoms with Crippen molar-refractivity contribution in [2.45, 2.75) is 114 Å². The molecule has 0 spiro atoms. The summed E-state index contributed by atoms with van der Waals surface area (Å²) < 4.78 is 0. The molecule has 0 radical (unpaired) electrons. The van der Waals surface area contributed by atoms with Gasteiger partial charge in [0.05, 0.1) is 0 Å². The van der Waals surface area contributed by atoms with E-state index in [1.54, 1.807) is 0 Å². The van der Waals surface area contributed by atoms with Gasteiger partial charge >= 0.3 is 0 Å². The number of aromatic nitrogens is 9. The molecule has 0 amide bonds. The van der Waals surface area contributed by atoms with E-state index in [2.05, 4.69) is 69.3 Å². The first kappa shape index (κ1) is 40.2. The Morgan fingerprint density at radius 3 is 1.00 bits per heavy atom. The largest absolute Gasteiger partial charge is 0.217 e. The molecule has 0 unspecified atom stereocenters. The molecular formula is C57H57N9. The third-order valence-electron chi connectivity index (χ3n) is 16.4. The lowest BCUT2D eigenvalue weighted by molar-refractivity contribution is -0.0155. The number of hydrogen-bond acceptors (Lipinski definition) is 9. The molecule has 3 heterocycles. The van der Waals surface area contributed by atoms with Gasteiger partial charge in [0.25, 0.3) is 0 Å². The zero-order chi connectivity index (χ0) is 44.2. The van der Waals surface area contributed by atoms with Crippen LogP contribution in [0.4, 0.5) is 0 Å². The van der Waals surface area contributed by atoms with Crippen LogP contribution in [0.2, 0.25) is 0 Å². The number of rotatable bonds is 8. The Kier molecular flexibility index (Phi) is 9.28. The van der Waals surface area contributed by atoms with Gasteiger partial charge in [-0.3, -0.25) is 0 Å². The summed E-state index contributed by atoms with van der Waals surface area (Å²) in [6.45, 7) is 6.48. The fourth-order valence-corrected chi connectivity index (χ4v) is 14.2. The van der Waals surface area contributed by atoms with Crippen molar-refractivity contribution in [1.82, 2.24) is 44.9 Å². The molecule has 8 saturated carbocycles. The summed E-state index contributed by atoms with van der Waals surface area (Å²) in [6, 6.07) is 37.0. The molecule has 8 aliphatic rings. The van der Waals surface area contributed by atoms with Gasteiger partial charge in [-0.05, 0) is 119 Å². The lowest BCUT2D eigenvalue weighted by Gasteiger charge is -2.57. The number of benzene rings is 4. The van der Waals surface area contributed by atoms with E-state index >= 15 is 0 Å². The van der Waals surface area contributed by atoms with E-state index < -0.39 is 0 Å². The molecule has 0 atom stereocenters. The molecule has 9 nitrogen and oxygen atoms in total. The third kappa shape index (κ3) is 7.15. The van der Waals surface area contributed by atoms with Crippen LogP contribution in [-0.2, 0) is 16.2 Å². The fraction of sp³-hybridized carbons (Fsp3) is 0.421. The third-order valence-corrected chi connectivity index (χ3v) is 16.4. The minimum atomic E-state index is -0.315. The standard InChI is InChI=1S/C57H57N9/c1-55(2,3)52-62-49(43-19-17-42(18-20-43)48-59-46(40-11-6-4-7-12-40)58-47(60-48)41-13-8-5-9-14-41)61-50(63-52)44-15-10-16-45(27-44)51-64-53(56-28-34-21-35(29-56)23-36(22-34)30-56)66-54(65-51)57-31-37-24-38(32-57)26-39(25-37)33-57/h4-20,27,34-39H,21-26,28-33H2,1-3H3. The monoisotopic (exact) mass is 867 g/mol. The maximum atomic E-state index is 5.70. The average Bonchev–Trinajstić information content (AvgIpc) is 3.33. The maximum Gasteiger partial charge on any atom is 0.164 e. The van der Waals surface area contributed by atoms with E-state index in [1.165, 1.54) is 77.0 Å². The lowest BCUT2D eigenvalue weighted by Crippen LogP contribution is -2.51. The van der Waals surface area contributed by atoms with Crippen LogP contribution < -0.4 is 0 Å². The van der Waals surface area contributed by atoms with Crippen LogP contribution >= 0.6 is 0 Å². The second-order valence-electron chi connectivity index (χ2n) is 22.5. The maximum absolute atomic E-state index is 5.70. The molecule has 8 aliphatic carbocycles. The zero-order valence-corrected chi connectivity index (χ0v) is 38.4. The van der Waals surface area contributed by atoms with Gasteiger partial charge in [0.15, 0.2) is 34.9 Å². The molecule has 8 fully saturated rings. The fourth-order valence-electron chi connectivity index (χ4n) is 14.2. The Hall–Kier alpha value is -6.09. The lowest BCUT2D eigenvalue weighted by atomic mass is 9.49. The van der Waals surface area contributed by atoms with Gasteiger partial charge in [0, 0.05) is 49.6 Å². The Morgan fingerprint density at radius 1 is 0.333 bits per heavy atom. The number of hydrogen-bond donors (Lipinski definition) is 0. The topological polar surface area (TPSA) is 116 Å². The summed E-state index contributed by atoms with van der Waals surface area (Å²) in [5.74, 6) is 11.8. The second kappa shape index (κ2) is 15.2. The highest BCUT2D eigenvalue weighted by Crippen LogP contribution is 2.62. The van der Waals surface area contributed by atoms with Crippen LogP contribution in [0.25, 0.3) is 68.3 Å². The van der Waals surface area contributed by atoms with Crippen LogP contribution in [0, 0.1) is 35.5 Å². The van der Waals surface area contributed by atoms with Gasteiger partial charge < -0.3 is 0 Å². The zero-order valence-electron chi connectivity index (χ0n) is 38.4. The van der Waals surface area contributed by atoms with Gasteiger partial charge in [-0.1, -0.05) is 124 Å². The Morgan fingerprint density at radius 2 is 0.636 bits per heavy atom. The van der Waals surface area contributed by atoms with Crippen LogP contribution in [0.15, 0.2) is 109 Å². The predicted octanol–water partition coefficient (Wildman–Crippen LogP) is 12.5. The molecule has 0 saturated heterocycles. The smallest absolute Gasteiger partial charge is 0.164 e. The van der Waals surface area contributed by atoms with E-state index in [9.17, 15) is 0 Å². The molecule has 7 aromatic rings. The van der Waals surface area contributed by atoms with Gasteiger partial charge in [0.1, 0.15) is 17.5 Å². The Bertz CT molecular complexity index is 2790. The quantitative estimate of drug-likeness (QED) is 0.147. The van der Waals surface area contributed by atoms with Crippen LogP contribution in [-0.4, -0.2) is 44.9 Å². The normalized spacial score (nSPS) is 28.2. The highest BCUT2D eigenvalue weighted by atomic mass is 15.1. The Labute approximate surface area is 387 Å². The molecule has 3 aromatic heterocycles. The molecule has 4 aromatic carbocycles. The van der Waals surface area contributed by atoms with Crippen molar-refractivity contribution in [3.05, 3.63) is 127 Å². The van der Waals surface area contributed by atoms with Crippen molar-refractivity contribution < 1.29 is 0 Å². The average molecular weight is 868 g/mol. The van der Waals surface area contributed by atoms with E-state index in [-0.39, 0.29) is 16.2 Å². The highest BCUT2D eigenvalue weighted by molar-refractivity contribution is 5.71. The van der Waals surface area contributed by atoms with E-state index in [4.69, 9.17) is 44.9 Å². The summed E-state index contributed by atoms with van der Waals surface area (Å²) in [7, 11) is 0. The summed E-state index contributed by atoms with van der Waals surface area (Å²) >= 11 is 0. The summed E-state index contributed by atoms with van der Waals surface area (Å²) in [4.78, 5) is 47.1.